The van der Waals surface area contributed by atoms with E-state index in [0.717, 1.165) is 18.8 Å². The summed E-state index contributed by atoms with van der Waals surface area (Å²) in [6.07, 6.45) is 9.20. The Morgan fingerprint density at radius 1 is 1.26 bits per heavy atom. The van der Waals surface area contributed by atoms with Gasteiger partial charge in [0.2, 0.25) is 0 Å². The molecule has 0 aromatic carbocycles. The molecule has 0 atom stereocenters. The average molecular weight is 259 g/mol. The van der Waals surface area contributed by atoms with Crippen molar-refractivity contribution in [3.05, 3.63) is 35.9 Å². The monoisotopic (exact) mass is 259 g/mol. The fraction of sp³-hybridized carbons (Fsp3) is 0.571. The highest BCUT2D eigenvalue weighted by Gasteiger charge is 2.17. The molecule has 0 spiro atoms. The molecule has 5 heteroatoms. The molecule has 0 radical (unpaired) electrons. The molecule has 5 nitrogen and oxygen atoms in total. The van der Waals surface area contributed by atoms with Crippen molar-refractivity contribution in [1.82, 2.24) is 24.9 Å². The van der Waals surface area contributed by atoms with Gasteiger partial charge >= 0.3 is 0 Å². The van der Waals surface area contributed by atoms with Crippen LogP contribution < -0.4 is 5.32 Å². The van der Waals surface area contributed by atoms with Crippen LogP contribution in [0.15, 0.2) is 24.5 Å². The van der Waals surface area contributed by atoms with E-state index in [-0.39, 0.29) is 0 Å². The lowest BCUT2D eigenvalue weighted by molar-refractivity contribution is 0.460. The smallest absolute Gasteiger partial charge is 0.0762 e. The summed E-state index contributed by atoms with van der Waals surface area (Å²) < 4.78 is 4.04. The molecule has 1 N–H and O–H groups in total. The molecule has 2 aromatic rings. The van der Waals surface area contributed by atoms with Crippen LogP contribution >= 0.6 is 0 Å². The Balaban J connectivity index is 1.51. The summed E-state index contributed by atoms with van der Waals surface area (Å²) in [7, 11) is 1.96. The summed E-state index contributed by atoms with van der Waals surface area (Å²) in [5.41, 5.74) is 2.31. The zero-order valence-corrected chi connectivity index (χ0v) is 11.4. The topological polar surface area (TPSA) is 47.7 Å². The SMILES string of the molecule is Cn1nccc1CNCc1ccn(C2CCCC2)n1. The first-order chi connectivity index (χ1) is 9.33. The molecule has 0 unspecified atom stereocenters. The van der Waals surface area contributed by atoms with Crippen LogP contribution in [0.5, 0.6) is 0 Å². The molecule has 1 saturated carbocycles. The molecule has 0 amide bonds. The van der Waals surface area contributed by atoms with Crippen molar-refractivity contribution in [2.45, 2.75) is 44.8 Å². The lowest BCUT2D eigenvalue weighted by Gasteiger charge is -2.09. The average Bonchev–Trinajstić information content (AvgIpc) is 3.11. The first-order valence-corrected chi connectivity index (χ1v) is 7.04. The Hall–Kier alpha value is -1.62. The van der Waals surface area contributed by atoms with Crippen molar-refractivity contribution < 1.29 is 0 Å². The van der Waals surface area contributed by atoms with E-state index in [4.69, 9.17) is 0 Å². The van der Waals surface area contributed by atoms with Crippen LogP contribution in [0.3, 0.4) is 0 Å². The van der Waals surface area contributed by atoms with Crippen molar-refractivity contribution >= 4 is 0 Å². The van der Waals surface area contributed by atoms with Gasteiger partial charge in [-0.05, 0) is 25.0 Å². The zero-order chi connectivity index (χ0) is 13.1. The highest BCUT2D eigenvalue weighted by molar-refractivity contribution is 5.02. The quantitative estimate of drug-likeness (QED) is 0.893. The maximum atomic E-state index is 4.67. The number of hydrogen-bond donors (Lipinski definition) is 1. The van der Waals surface area contributed by atoms with Gasteiger partial charge in [0, 0.05) is 32.5 Å². The third-order valence-electron chi connectivity index (χ3n) is 3.90. The van der Waals surface area contributed by atoms with Crippen LogP contribution in [0.2, 0.25) is 0 Å². The molecule has 0 bridgehead atoms. The Morgan fingerprint density at radius 2 is 2.11 bits per heavy atom. The number of aromatic nitrogens is 4. The molecule has 3 rings (SSSR count). The third kappa shape index (κ3) is 2.87. The second-order valence-electron chi connectivity index (χ2n) is 5.28. The van der Waals surface area contributed by atoms with Crippen LogP contribution in [0.1, 0.15) is 43.1 Å². The standard InChI is InChI=1S/C14H21N5/c1-18-14(6-8-16-18)11-15-10-12-7-9-19(17-12)13-4-2-3-5-13/h6-9,13,15H,2-5,10-11H2,1H3. The first kappa shape index (κ1) is 12.4. The molecule has 0 aliphatic heterocycles. The van der Waals surface area contributed by atoms with Gasteiger partial charge in [0.05, 0.1) is 17.4 Å². The van der Waals surface area contributed by atoms with Gasteiger partial charge in [-0.15, -0.1) is 0 Å². The molecule has 1 aliphatic rings. The van der Waals surface area contributed by atoms with Crippen molar-refractivity contribution in [3.63, 3.8) is 0 Å². The second-order valence-corrected chi connectivity index (χ2v) is 5.28. The minimum Gasteiger partial charge on any atom is -0.305 e. The van der Waals surface area contributed by atoms with Gasteiger partial charge in [-0.2, -0.15) is 10.2 Å². The van der Waals surface area contributed by atoms with E-state index < -0.39 is 0 Å². The Kier molecular flexibility index (Phi) is 3.64. The van der Waals surface area contributed by atoms with E-state index >= 15 is 0 Å². The lowest BCUT2D eigenvalue weighted by Crippen LogP contribution is -2.16. The fourth-order valence-corrected chi connectivity index (χ4v) is 2.74. The minimum atomic E-state index is 0.630. The van der Waals surface area contributed by atoms with Gasteiger partial charge in [-0.1, -0.05) is 12.8 Å². The van der Waals surface area contributed by atoms with Crippen molar-refractivity contribution in [2.75, 3.05) is 0 Å². The lowest BCUT2D eigenvalue weighted by atomic mass is 10.3. The fourth-order valence-electron chi connectivity index (χ4n) is 2.74. The number of nitrogens with zero attached hydrogens (tertiary/aromatic N) is 4. The van der Waals surface area contributed by atoms with E-state index in [2.05, 4.69) is 32.5 Å². The van der Waals surface area contributed by atoms with Crippen LogP contribution in [-0.4, -0.2) is 19.6 Å². The van der Waals surface area contributed by atoms with Crippen LogP contribution in [-0.2, 0) is 20.1 Å². The molecule has 0 saturated heterocycles. The molecule has 19 heavy (non-hydrogen) atoms. The summed E-state index contributed by atoms with van der Waals surface area (Å²) in [6.45, 7) is 1.64. The number of rotatable bonds is 5. The van der Waals surface area contributed by atoms with Gasteiger partial charge in [-0.25, -0.2) is 0 Å². The Bertz CT molecular complexity index is 521. The van der Waals surface area contributed by atoms with Crippen LogP contribution in [0.25, 0.3) is 0 Å². The molecule has 2 heterocycles. The molecular formula is C14H21N5. The summed E-state index contributed by atoms with van der Waals surface area (Å²) in [5, 5.41) is 12.2. The predicted molar refractivity (Wildman–Crippen MR) is 73.5 cm³/mol. The van der Waals surface area contributed by atoms with Crippen LogP contribution in [0, 0.1) is 0 Å². The van der Waals surface area contributed by atoms with E-state index in [0.29, 0.717) is 6.04 Å². The maximum absolute atomic E-state index is 4.67. The van der Waals surface area contributed by atoms with E-state index in [9.17, 15) is 0 Å². The second kappa shape index (κ2) is 5.57. The molecule has 2 aromatic heterocycles. The number of aryl methyl sites for hydroxylation is 1. The van der Waals surface area contributed by atoms with Crippen molar-refractivity contribution in [1.29, 1.82) is 0 Å². The number of hydrogen-bond acceptors (Lipinski definition) is 3. The predicted octanol–water partition coefficient (Wildman–Crippen LogP) is 2.02. The summed E-state index contributed by atoms with van der Waals surface area (Å²) >= 11 is 0. The highest BCUT2D eigenvalue weighted by Crippen LogP contribution is 2.28. The Morgan fingerprint density at radius 3 is 2.84 bits per heavy atom. The van der Waals surface area contributed by atoms with E-state index in [1.807, 2.05) is 24.0 Å². The van der Waals surface area contributed by atoms with E-state index in [1.165, 1.54) is 31.4 Å². The van der Waals surface area contributed by atoms with Gasteiger partial charge in [0.15, 0.2) is 0 Å². The van der Waals surface area contributed by atoms with Gasteiger partial charge in [-0.3, -0.25) is 9.36 Å². The van der Waals surface area contributed by atoms with E-state index in [1.54, 1.807) is 0 Å². The van der Waals surface area contributed by atoms with Crippen molar-refractivity contribution in [2.24, 2.45) is 7.05 Å². The largest absolute Gasteiger partial charge is 0.305 e. The maximum Gasteiger partial charge on any atom is 0.0762 e. The van der Waals surface area contributed by atoms with Gasteiger partial charge < -0.3 is 5.32 Å². The normalized spacial score (nSPS) is 16.3. The van der Waals surface area contributed by atoms with Gasteiger partial charge in [0.1, 0.15) is 0 Å². The highest BCUT2D eigenvalue weighted by atomic mass is 15.3. The zero-order valence-electron chi connectivity index (χ0n) is 11.4. The molecule has 1 fully saturated rings. The summed E-state index contributed by atoms with van der Waals surface area (Å²) in [4.78, 5) is 0. The van der Waals surface area contributed by atoms with Crippen molar-refractivity contribution in [3.8, 4) is 0 Å². The van der Waals surface area contributed by atoms with Gasteiger partial charge in [0.25, 0.3) is 0 Å². The molecular weight excluding hydrogens is 238 g/mol. The first-order valence-electron chi connectivity index (χ1n) is 7.04. The minimum absolute atomic E-state index is 0.630. The Labute approximate surface area is 113 Å². The molecule has 1 aliphatic carbocycles. The number of nitrogens with one attached hydrogen (secondary N) is 1. The summed E-state index contributed by atoms with van der Waals surface area (Å²) in [5.74, 6) is 0. The molecule has 102 valence electrons. The third-order valence-corrected chi connectivity index (χ3v) is 3.90. The summed E-state index contributed by atoms with van der Waals surface area (Å²) in [6, 6.07) is 4.78. The van der Waals surface area contributed by atoms with Crippen LogP contribution in [0.4, 0.5) is 0 Å².